The molecule has 4 nitrogen and oxygen atoms in total. The van der Waals surface area contributed by atoms with Crippen LogP contribution in [0.1, 0.15) is 37.7 Å². The molecular formula is C23H34ClN3O. The summed E-state index contributed by atoms with van der Waals surface area (Å²) in [7, 11) is 0. The van der Waals surface area contributed by atoms with Gasteiger partial charge in [-0.2, -0.15) is 0 Å². The minimum absolute atomic E-state index is 0. The Labute approximate surface area is 175 Å². The first-order valence-electron chi connectivity index (χ1n) is 11.0. The number of amides is 1. The fraction of sp³-hybridized carbons (Fsp3) is 0.696. The first kappa shape index (κ1) is 20.2. The maximum absolute atomic E-state index is 12.7. The molecule has 4 bridgehead atoms. The summed E-state index contributed by atoms with van der Waals surface area (Å²) in [5.41, 5.74) is 1.38. The van der Waals surface area contributed by atoms with E-state index < -0.39 is 0 Å². The van der Waals surface area contributed by atoms with Crippen molar-refractivity contribution in [1.29, 1.82) is 0 Å². The Balaban J connectivity index is 0.00000192. The summed E-state index contributed by atoms with van der Waals surface area (Å²) in [6.45, 7) is 5.72. The van der Waals surface area contributed by atoms with Gasteiger partial charge >= 0.3 is 0 Å². The van der Waals surface area contributed by atoms with Crippen molar-refractivity contribution < 1.29 is 4.79 Å². The van der Waals surface area contributed by atoms with E-state index in [1.165, 1.54) is 37.7 Å². The first-order valence-corrected chi connectivity index (χ1v) is 11.0. The quantitative estimate of drug-likeness (QED) is 0.820. The smallest absolute Gasteiger partial charge is 0.234 e. The molecule has 154 valence electrons. The molecule has 1 aliphatic heterocycles. The highest BCUT2D eigenvalue weighted by Crippen LogP contribution is 2.53. The summed E-state index contributed by atoms with van der Waals surface area (Å²) in [6.07, 6.45) is 6.96. The van der Waals surface area contributed by atoms with Crippen LogP contribution in [0.4, 0.5) is 0 Å². The summed E-state index contributed by atoms with van der Waals surface area (Å²) in [4.78, 5) is 17.6. The molecule has 0 radical (unpaired) electrons. The molecule has 0 unspecified atom stereocenters. The fourth-order valence-corrected chi connectivity index (χ4v) is 6.54. The van der Waals surface area contributed by atoms with E-state index in [1.807, 2.05) is 0 Å². The molecule has 0 aromatic heterocycles. The highest BCUT2D eigenvalue weighted by atomic mass is 35.5. The van der Waals surface area contributed by atoms with Gasteiger partial charge in [0, 0.05) is 38.8 Å². The summed E-state index contributed by atoms with van der Waals surface area (Å²) in [5.74, 6) is 3.75. The van der Waals surface area contributed by atoms with E-state index in [9.17, 15) is 4.79 Å². The lowest BCUT2D eigenvalue weighted by molar-refractivity contribution is -0.126. The highest BCUT2D eigenvalue weighted by molar-refractivity contribution is 5.85. The zero-order valence-electron chi connectivity index (χ0n) is 16.8. The second-order valence-electron chi connectivity index (χ2n) is 9.56. The Kier molecular flexibility index (Phi) is 6.29. The van der Waals surface area contributed by atoms with Crippen molar-refractivity contribution in [2.45, 2.75) is 44.7 Å². The second kappa shape index (κ2) is 8.73. The molecule has 4 aliphatic carbocycles. The molecule has 4 saturated carbocycles. The van der Waals surface area contributed by atoms with Crippen LogP contribution in [0.25, 0.3) is 0 Å². The van der Waals surface area contributed by atoms with Crippen molar-refractivity contribution in [1.82, 2.24) is 15.1 Å². The van der Waals surface area contributed by atoms with Crippen molar-refractivity contribution in [2.24, 2.45) is 23.7 Å². The first-order chi connectivity index (χ1) is 13.2. The Bertz CT molecular complexity index is 631. The van der Waals surface area contributed by atoms with Crippen LogP contribution in [-0.4, -0.2) is 54.5 Å². The molecule has 5 aliphatic rings. The number of halogens is 1. The topological polar surface area (TPSA) is 35.6 Å². The van der Waals surface area contributed by atoms with E-state index in [2.05, 4.69) is 45.4 Å². The molecule has 5 fully saturated rings. The average molecular weight is 404 g/mol. The van der Waals surface area contributed by atoms with E-state index in [0.717, 1.165) is 56.4 Å². The Morgan fingerprint density at radius 2 is 1.43 bits per heavy atom. The summed E-state index contributed by atoms with van der Waals surface area (Å²) >= 11 is 0. The minimum atomic E-state index is 0. The monoisotopic (exact) mass is 403 g/mol. The molecule has 1 aromatic rings. The number of nitrogens with one attached hydrogen (secondary N) is 1. The third-order valence-corrected chi connectivity index (χ3v) is 7.64. The van der Waals surface area contributed by atoms with Crippen LogP contribution >= 0.6 is 12.4 Å². The predicted octanol–water partition coefficient (Wildman–Crippen LogP) is 3.17. The summed E-state index contributed by atoms with van der Waals surface area (Å²) in [5, 5.41) is 3.47. The van der Waals surface area contributed by atoms with Crippen LogP contribution in [0.5, 0.6) is 0 Å². The number of carbonyl (C=O) groups is 1. The summed E-state index contributed by atoms with van der Waals surface area (Å²) < 4.78 is 0. The number of piperazine rings is 1. The molecule has 6 rings (SSSR count). The zero-order valence-corrected chi connectivity index (χ0v) is 17.6. The molecule has 0 atom stereocenters. The minimum Gasteiger partial charge on any atom is -0.352 e. The second-order valence-corrected chi connectivity index (χ2v) is 9.56. The van der Waals surface area contributed by atoms with Gasteiger partial charge < -0.3 is 5.32 Å². The molecule has 0 spiro atoms. The van der Waals surface area contributed by atoms with Gasteiger partial charge in [0.15, 0.2) is 0 Å². The van der Waals surface area contributed by atoms with Gasteiger partial charge in [-0.1, -0.05) is 30.3 Å². The van der Waals surface area contributed by atoms with Crippen LogP contribution in [0.3, 0.4) is 0 Å². The fourth-order valence-electron chi connectivity index (χ4n) is 6.54. The van der Waals surface area contributed by atoms with E-state index in [-0.39, 0.29) is 18.3 Å². The van der Waals surface area contributed by atoms with E-state index >= 15 is 0 Å². The number of rotatable bonds is 5. The average Bonchev–Trinajstić information content (AvgIpc) is 2.67. The highest BCUT2D eigenvalue weighted by Gasteiger charge is 2.48. The lowest BCUT2D eigenvalue weighted by atomic mass is 9.54. The molecule has 1 N–H and O–H groups in total. The summed E-state index contributed by atoms with van der Waals surface area (Å²) in [6, 6.07) is 11.2. The lowest BCUT2D eigenvalue weighted by Gasteiger charge is -2.54. The molecule has 1 aromatic carbocycles. The van der Waals surface area contributed by atoms with Gasteiger partial charge in [0.2, 0.25) is 5.91 Å². The van der Waals surface area contributed by atoms with Crippen molar-refractivity contribution in [2.75, 3.05) is 32.7 Å². The number of hydrogen-bond acceptors (Lipinski definition) is 3. The van der Waals surface area contributed by atoms with Gasteiger partial charge in [-0.3, -0.25) is 14.6 Å². The lowest BCUT2D eigenvalue weighted by Crippen LogP contribution is -2.57. The largest absolute Gasteiger partial charge is 0.352 e. The number of benzene rings is 1. The molecule has 1 heterocycles. The van der Waals surface area contributed by atoms with Crippen molar-refractivity contribution >= 4 is 18.3 Å². The van der Waals surface area contributed by atoms with Crippen LogP contribution in [0.2, 0.25) is 0 Å². The van der Waals surface area contributed by atoms with Crippen molar-refractivity contribution in [3.8, 4) is 0 Å². The van der Waals surface area contributed by atoms with E-state index in [0.29, 0.717) is 12.6 Å². The molecule has 28 heavy (non-hydrogen) atoms. The normalized spacial score (nSPS) is 34.8. The predicted molar refractivity (Wildman–Crippen MR) is 114 cm³/mol. The number of hydrogen-bond donors (Lipinski definition) is 1. The number of carbonyl (C=O) groups excluding carboxylic acids is 1. The van der Waals surface area contributed by atoms with Gasteiger partial charge in [-0.05, 0) is 61.3 Å². The van der Waals surface area contributed by atoms with Crippen LogP contribution < -0.4 is 5.32 Å². The van der Waals surface area contributed by atoms with Gasteiger partial charge in [0.25, 0.3) is 0 Å². The third kappa shape index (κ3) is 4.39. The van der Waals surface area contributed by atoms with Gasteiger partial charge in [-0.25, -0.2) is 0 Å². The SMILES string of the molecule is Cl.O=C(CN1CCN(Cc2ccccc2)CC1)NC1C2CC3CC(C2)CC1C3. The Morgan fingerprint density at radius 1 is 0.857 bits per heavy atom. The number of nitrogens with zero attached hydrogens (tertiary/aromatic N) is 2. The van der Waals surface area contributed by atoms with E-state index in [4.69, 9.17) is 0 Å². The third-order valence-electron chi connectivity index (χ3n) is 7.64. The molecular weight excluding hydrogens is 370 g/mol. The van der Waals surface area contributed by atoms with Gasteiger partial charge in [0.05, 0.1) is 6.54 Å². The standard InChI is InChI=1S/C23H33N3O.ClH/c27-22(24-23-20-11-18-10-19(13-20)14-21(23)12-18)16-26-8-6-25(7-9-26)15-17-4-2-1-3-5-17;/h1-5,18-21,23H,6-16H2,(H,24,27);1H. The molecule has 5 heteroatoms. The van der Waals surface area contributed by atoms with Gasteiger partial charge in [-0.15, -0.1) is 12.4 Å². The zero-order chi connectivity index (χ0) is 18.2. The maximum atomic E-state index is 12.7. The molecule has 1 saturated heterocycles. The van der Waals surface area contributed by atoms with Crippen LogP contribution in [-0.2, 0) is 11.3 Å². The maximum Gasteiger partial charge on any atom is 0.234 e. The van der Waals surface area contributed by atoms with Gasteiger partial charge in [0.1, 0.15) is 0 Å². The van der Waals surface area contributed by atoms with Crippen LogP contribution in [0, 0.1) is 23.7 Å². The van der Waals surface area contributed by atoms with Crippen molar-refractivity contribution in [3.05, 3.63) is 35.9 Å². The van der Waals surface area contributed by atoms with E-state index in [1.54, 1.807) is 0 Å². The van der Waals surface area contributed by atoms with Crippen LogP contribution in [0.15, 0.2) is 30.3 Å². The Morgan fingerprint density at radius 3 is 2.04 bits per heavy atom. The van der Waals surface area contributed by atoms with Crippen molar-refractivity contribution in [3.63, 3.8) is 0 Å². The Hall–Kier alpha value is -1.10. The molecule has 1 amide bonds.